The van der Waals surface area contributed by atoms with Crippen molar-refractivity contribution in [2.45, 2.75) is 13.0 Å². The van der Waals surface area contributed by atoms with Crippen LogP contribution in [0.4, 0.5) is 19.3 Å². The number of nitrogens with one attached hydrogen (secondary N) is 2. The number of benzene rings is 1. The molecule has 0 spiro atoms. The van der Waals surface area contributed by atoms with E-state index in [9.17, 15) is 13.6 Å². The van der Waals surface area contributed by atoms with E-state index >= 15 is 0 Å². The zero-order chi connectivity index (χ0) is 14.4. The second-order valence-corrected chi connectivity index (χ2v) is 4.16. The molecule has 2 rings (SSSR count). The van der Waals surface area contributed by atoms with Crippen LogP contribution < -0.4 is 10.6 Å². The van der Waals surface area contributed by atoms with Crippen LogP contribution in [0.3, 0.4) is 0 Å². The Hall–Kier alpha value is -2.44. The quantitative estimate of drug-likeness (QED) is 0.826. The van der Waals surface area contributed by atoms with Gasteiger partial charge in [-0.05, 0) is 24.6 Å². The number of rotatable bonds is 5. The number of carbonyl (C=O) groups excluding carboxylic acids is 1. The molecule has 0 radical (unpaired) electrons. The van der Waals surface area contributed by atoms with Gasteiger partial charge in [0, 0.05) is 37.2 Å². The first-order valence-corrected chi connectivity index (χ1v) is 6.12. The molecule has 1 aromatic carbocycles. The number of urea groups is 1. The molecule has 2 N–H and O–H groups in total. The molecule has 106 valence electrons. The predicted molar refractivity (Wildman–Crippen MR) is 70.2 cm³/mol. The molecular formula is C13H14F2N4O. The van der Waals surface area contributed by atoms with Gasteiger partial charge in [-0.2, -0.15) is 5.10 Å². The Balaban J connectivity index is 1.72. The van der Waals surface area contributed by atoms with E-state index in [1.165, 1.54) is 0 Å². The molecule has 0 aliphatic carbocycles. The Morgan fingerprint density at radius 2 is 2.00 bits per heavy atom. The summed E-state index contributed by atoms with van der Waals surface area (Å²) in [6.45, 7) is 1.12. The molecule has 1 aromatic heterocycles. The van der Waals surface area contributed by atoms with E-state index in [1.807, 2.05) is 12.3 Å². The minimum absolute atomic E-state index is 0.0760. The summed E-state index contributed by atoms with van der Waals surface area (Å²) in [6, 6.07) is 4.15. The van der Waals surface area contributed by atoms with Gasteiger partial charge < -0.3 is 10.6 Å². The maximum absolute atomic E-state index is 12.9. The van der Waals surface area contributed by atoms with E-state index in [4.69, 9.17) is 0 Å². The third kappa shape index (κ3) is 4.34. The van der Waals surface area contributed by atoms with Crippen LogP contribution in [0.5, 0.6) is 0 Å². The molecule has 0 saturated carbocycles. The molecule has 2 aromatic rings. The largest absolute Gasteiger partial charge is 0.338 e. The van der Waals surface area contributed by atoms with Crippen LogP contribution in [0.1, 0.15) is 6.42 Å². The zero-order valence-corrected chi connectivity index (χ0v) is 10.6. The lowest BCUT2D eigenvalue weighted by Crippen LogP contribution is -2.30. The summed E-state index contributed by atoms with van der Waals surface area (Å²) in [4.78, 5) is 11.5. The smallest absolute Gasteiger partial charge is 0.319 e. The molecule has 0 bridgehead atoms. The Kier molecular flexibility index (Phi) is 4.65. The average molecular weight is 280 g/mol. The summed E-state index contributed by atoms with van der Waals surface area (Å²) in [7, 11) is 0. The minimum atomic E-state index is -0.737. The van der Waals surface area contributed by atoms with Crippen molar-refractivity contribution in [1.82, 2.24) is 15.1 Å². The van der Waals surface area contributed by atoms with Gasteiger partial charge in [0.15, 0.2) is 0 Å². The third-order valence-electron chi connectivity index (χ3n) is 2.53. The maximum atomic E-state index is 12.9. The molecule has 0 aliphatic heterocycles. The van der Waals surface area contributed by atoms with Gasteiger partial charge in [0.1, 0.15) is 11.6 Å². The first kappa shape index (κ1) is 14.0. The second kappa shape index (κ2) is 6.65. The van der Waals surface area contributed by atoms with Gasteiger partial charge in [0.2, 0.25) is 0 Å². The standard InChI is InChI=1S/C13H14F2N4O/c14-10-7-11(15)9-12(8-10)18-13(20)16-3-1-5-19-6-2-4-17-19/h2,4,6-9H,1,3,5H2,(H2,16,18,20). The molecular weight excluding hydrogens is 266 g/mol. The summed E-state index contributed by atoms with van der Waals surface area (Å²) in [5, 5.41) is 8.99. The average Bonchev–Trinajstić information content (AvgIpc) is 2.86. The van der Waals surface area contributed by atoms with Gasteiger partial charge in [-0.15, -0.1) is 0 Å². The number of hydrogen-bond donors (Lipinski definition) is 2. The van der Waals surface area contributed by atoms with Crippen molar-refractivity contribution >= 4 is 11.7 Å². The number of carbonyl (C=O) groups is 1. The highest BCUT2D eigenvalue weighted by Gasteiger charge is 2.04. The van der Waals surface area contributed by atoms with Crippen molar-refractivity contribution in [2.24, 2.45) is 0 Å². The molecule has 0 saturated heterocycles. The van der Waals surface area contributed by atoms with E-state index in [1.54, 1.807) is 10.9 Å². The number of aromatic nitrogens is 2. The predicted octanol–water partition coefficient (Wildman–Crippen LogP) is 2.37. The molecule has 2 amide bonds. The van der Waals surface area contributed by atoms with Gasteiger partial charge in [0.05, 0.1) is 0 Å². The van der Waals surface area contributed by atoms with Gasteiger partial charge in [-0.1, -0.05) is 0 Å². The summed E-state index contributed by atoms with van der Waals surface area (Å²) >= 11 is 0. The summed E-state index contributed by atoms with van der Waals surface area (Å²) in [5.41, 5.74) is 0.0760. The number of aryl methyl sites for hydroxylation is 1. The van der Waals surface area contributed by atoms with Crippen LogP contribution in [-0.4, -0.2) is 22.4 Å². The van der Waals surface area contributed by atoms with E-state index in [0.29, 0.717) is 19.5 Å². The van der Waals surface area contributed by atoms with E-state index < -0.39 is 17.7 Å². The highest BCUT2D eigenvalue weighted by molar-refractivity contribution is 5.89. The Labute approximate surface area is 114 Å². The van der Waals surface area contributed by atoms with Gasteiger partial charge in [-0.3, -0.25) is 4.68 Å². The molecule has 1 heterocycles. The minimum Gasteiger partial charge on any atom is -0.338 e. The monoisotopic (exact) mass is 280 g/mol. The number of anilines is 1. The van der Waals surface area contributed by atoms with Crippen molar-refractivity contribution < 1.29 is 13.6 Å². The van der Waals surface area contributed by atoms with Gasteiger partial charge in [-0.25, -0.2) is 13.6 Å². The molecule has 0 fully saturated rings. The number of amides is 2. The first-order chi connectivity index (χ1) is 9.63. The highest BCUT2D eigenvalue weighted by atomic mass is 19.1. The summed E-state index contributed by atoms with van der Waals surface area (Å²) in [5.74, 6) is -1.47. The van der Waals surface area contributed by atoms with Gasteiger partial charge >= 0.3 is 6.03 Å². The van der Waals surface area contributed by atoms with Crippen LogP contribution in [0, 0.1) is 11.6 Å². The zero-order valence-electron chi connectivity index (χ0n) is 10.6. The lowest BCUT2D eigenvalue weighted by molar-refractivity contribution is 0.251. The van der Waals surface area contributed by atoms with Crippen molar-refractivity contribution in [1.29, 1.82) is 0 Å². The lowest BCUT2D eigenvalue weighted by atomic mass is 10.3. The second-order valence-electron chi connectivity index (χ2n) is 4.16. The molecule has 7 heteroatoms. The molecule has 0 aliphatic rings. The lowest BCUT2D eigenvalue weighted by Gasteiger charge is -2.08. The molecule has 0 unspecified atom stereocenters. The van der Waals surface area contributed by atoms with Crippen molar-refractivity contribution in [3.8, 4) is 0 Å². The van der Waals surface area contributed by atoms with Crippen LogP contribution >= 0.6 is 0 Å². The fraction of sp³-hybridized carbons (Fsp3) is 0.231. The number of hydrogen-bond acceptors (Lipinski definition) is 2. The SMILES string of the molecule is O=C(NCCCn1cccn1)Nc1cc(F)cc(F)c1. The van der Waals surface area contributed by atoms with E-state index in [-0.39, 0.29) is 5.69 Å². The number of halogens is 2. The molecule has 5 nitrogen and oxygen atoms in total. The molecule has 20 heavy (non-hydrogen) atoms. The summed E-state index contributed by atoms with van der Waals surface area (Å²) in [6.07, 6.45) is 4.21. The third-order valence-corrected chi connectivity index (χ3v) is 2.53. The first-order valence-electron chi connectivity index (χ1n) is 6.12. The fourth-order valence-electron chi connectivity index (χ4n) is 1.68. The van der Waals surface area contributed by atoms with Crippen molar-refractivity contribution in [2.75, 3.05) is 11.9 Å². The van der Waals surface area contributed by atoms with Crippen molar-refractivity contribution in [3.63, 3.8) is 0 Å². The Morgan fingerprint density at radius 3 is 2.65 bits per heavy atom. The topological polar surface area (TPSA) is 59.0 Å². The maximum Gasteiger partial charge on any atom is 0.319 e. The van der Waals surface area contributed by atoms with Crippen LogP contribution in [-0.2, 0) is 6.54 Å². The Morgan fingerprint density at radius 1 is 1.25 bits per heavy atom. The normalized spacial score (nSPS) is 10.3. The molecule has 0 atom stereocenters. The van der Waals surface area contributed by atoms with Crippen LogP contribution in [0.15, 0.2) is 36.7 Å². The Bertz CT molecular complexity index is 552. The van der Waals surface area contributed by atoms with Crippen LogP contribution in [0.25, 0.3) is 0 Å². The van der Waals surface area contributed by atoms with Crippen molar-refractivity contribution in [3.05, 3.63) is 48.3 Å². The van der Waals surface area contributed by atoms with Gasteiger partial charge in [0.25, 0.3) is 0 Å². The summed E-state index contributed by atoms with van der Waals surface area (Å²) < 4.78 is 27.6. The van der Waals surface area contributed by atoms with E-state index in [0.717, 1.165) is 18.2 Å². The van der Waals surface area contributed by atoms with Crippen LogP contribution in [0.2, 0.25) is 0 Å². The van der Waals surface area contributed by atoms with E-state index in [2.05, 4.69) is 15.7 Å². The number of nitrogens with zero attached hydrogens (tertiary/aromatic N) is 2. The highest BCUT2D eigenvalue weighted by Crippen LogP contribution is 2.12. The fourth-order valence-corrected chi connectivity index (χ4v) is 1.68.